The molecule has 1 N–H and O–H groups in total. The molecule has 2 aromatic carbocycles. The van der Waals surface area contributed by atoms with Gasteiger partial charge in [-0.25, -0.2) is 28.5 Å². The summed E-state index contributed by atoms with van der Waals surface area (Å²) in [6.07, 6.45) is 3.11. The highest BCUT2D eigenvalue weighted by Crippen LogP contribution is 2.52. The lowest BCUT2D eigenvalue weighted by Gasteiger charge is -2.39. The number of hydrogen-bond acceptors (Lipinski definition) is 9. The Kier molecular flexibility index (Phi) is 7.64. The molecule has 2 atom stereocenters. The number of aromatic nitrogens is 5. The molecule has 2 aliphatic carbocycles. The maximum Gasteiger partial charge on any atom is 0.347 e. The Morgan fingerprint density at radius 2 is 1.77 bits per heavy atom. The van der Waals surface area contributed by atoms with Gasteiger partial charge in [-0.15, -0.1) is 0 Å². The minimum Gasteiger partial charge on any atom is -0.507 e. The van der Waals surface area contributed by atoms with Gasteiger partial charge in [-0.2, -0.15) is 0 Å². The van der Waals surface area contributed by atoms with E-state index in [1.54, 1.807) is 50.4 Å². The summed E-state index contributed by atoms with van der Waals surface area (Å²) in [6.45, 7) is 1.65. The molecule has 0 radical (unpaired) electrons. The van der Waals surface area contributed by atoms with Gasteiger partial charge in [0, 0.05) is 67.3 Å². The van der Waals surface area contributed by atoms with Crippen molar-refractivity contribution in [3.8, 4) is 17.2 Å². The van der Waals surface area contributed by atoms with Crippen LogP contribution in [0.3, 0.4) is 0 Å². The quantitative estimate of drug-likeness (QED) is 0.177. The zero-order valence-corrected chi connectivity index (χ0v) is 28.6. The third-order valence-electron chi connectivity index (χ3n) is 9.48. The second-order valence-electron chi connectivity index (χ2n) is 12.0. The van der Waals surface area contributed by atoms with Gasteiger partial charge >= 0.3 is 11.4 Å². The van der Waals surface area contributed by atoms with Crippen LogP contribution in [0.4, 0.5) is 0 Å². The number of Topliss-reactive ketones (excluding diaryl/α,β-unsaturated/α-hetero) is 1. The summed E-state index contributed by atoms with van der Waals surface area (Å²) < 4.78 is 16.2. The largest absolute Gasteiger partial charge is 0.507 e. The number of phenols is 1. The molecule has 0 bridgehead atoms. The van der Waals surface area contributed by atoms with Crippen LogP contribution >= 0.6 is 22.6 Å². The van der Waals surface area contributed by atoms with Gasteiger partial charge in [-0.1, -0.05) is 24.3 Å². The Morgan fingerprint density at radius 3 is 2.50 bits per heavy atom. The molecule has 0 spiro atoms. The Labute approximate surface area is 286 Å². The Hall–Kier alpha value is -4.99. The second kappa shape index (κ2) is 11.6. The number of rotatable bonds is 6. The lowest BCUT2D eigenvalue weighted by Crippen LogP contribution is -2.40. The number of halogens is 1. The number of aryl methyl sites for hydroxylation is 3. The molecule has 3 heterocycles. The standard InChI is InChI=1S/C34H30IN5O8/c1-16-6-5-7-18(30(16)42)28-17-8-11-39-33(45)38(34(46)40(39)23(17)12-19-25(41)13-20(35)31(43)29(19)28)10-9-21-32(44)37(2)24-15-27(48-4)26(47-3)14-22(24)36-21/h5-8,13-15,23,28,42H,9-12H2,1-4H3. The molecule has 0 saturated carbocycles. The van der Waals surface area contributed by atoms with E-state index in [9.17, 15) is 29.1 Å². The Bertz CT molecular complexity index is 2390. The van der Waals surface area contributed by atoms with Crippen molar-refractivity contribution in [1.82, 2.24) is 23.5 Å². The van der Waals surface area contributed by atoms with Crippen LogP contribution in [0.5, 0.6) is 17.2 Å². The highest BCUT2D eigenvalue weighted by Gasteiger charge is 2.45. The molecular formula is C34H30IN5O8. The molecule has 48 heavy (non-hydrogen) atoms. The molecule has 0 saturated heterocycles. The number of carbonyl (C=O) groups excluding carboxylic acids is 2. The van der Waals surface area contributed by atoms with Crippen molar-refractivity contribution < 1.29 is 24.2 Å². The molecule has 0 amide bonds. The number of para-hydroxylation sites is 1. The fourth-order valence-electron chi connectivity index (χ4n) is 7.07. The molecule has 2 unspecified atom stereocenters. The van der Waals surface area contributed by atoms with Crippen LogP contribution in [-0.4, -0.2) is 54.4 Å². The fourth-order valence-corrected chi connectivity index (χ4v) is 7.64. The van der Waals surface area contributed by atoms with Gasteiger partial charge in [0.15, 0.2) is 23.1 Å². The number of ketones is 2. The van der Waals surface area contributed by atoms with E-state index in [1.165, 1.54) is 34.2 Å². The molecule has 14 heteroatoms. The minimum absolute atomic E-state index is 0.00544. The van der Waals surface area contributed by atoms with E-state index < -0.39 is 23.3 Å². The van der Waals surface area contributed by atoms with Crippen LogP contribution in [0.25, 0.3) is 11.0 Å². The van der Waals surface area contributed by atoms with Gasteiger partial charge in [0.2, 0.25) is 0 Å². The van der Waals surface area contributed by atoms with E-state index in [0.717, 1.165) is 4.57 Å². The molecule has 0 fully saturated rings. The number of hydrogen-bond donors (Lipinski definition) is 1. The molecule has 246 valence electrons. The van der Waals surface area contributed by atoms with Crippen molar-refractivity contribution in [3.63, 3.8) is 0 Å². The average Bonchev–Trinajstić information content (AvgIpc) is 3.32. The van der Waals surface area contributed by atoms with E-state index in [0.29, 0.717) is 39.2 Å². The predicted octanol–water partition coefficient (Wildman–Crippen LogP) is 2.77. The molecule has 13 nitrogen and oxygen atoms in total. The van der Waals surface area contributed by atoms with Crippen LogP contribution in [0.2, 0.25) is 0 Å². The van der Waals surface area contributed by atoms with Gasteiger partial charge in [0.25, 0.3) is 5.56 Å². The third-order valence-corrected chi connectivity index (χ3v) is 10.3. The van der Waals surface area contributed by atoms with Gasteiger partial charge in [0.1, 0.15) is 11.4 Å². The SMILES string of the molecule is COc1cc2nc(CCn3c(=O)n4n(c3=O)C3CC5=C(C(=O)C(I)=CC5=O)C(c5cccc(C)c5O)C3=CC4)c(=O)n(C)c2cc1OC. The first-order chi connectivity index (χ1) is 23.0. The first-order valence-electron chi connectivity index (χ1n) is 15.2. The summed E-state index contributed by atoms with van der Waals surface area (Å²) in [5.41, 5.74) is 1.82. The monoisotopic (exact) mass is 763 g/mol. The maximum absolute atomic E-state index is 14.1. The fraction of sp³-hybridized carbons (Fsp3) is 0.294. The van der Waals surface area contributed by atoms with E-state index in [2.05, 4.69) is 4.98 Å². The number of fused-ring (bicyclic) bond motifs is 4. The van der Waals surface area contributed by atoms with Crippen molar-refractivity contribution in [2.24, 2.45) is 7.05 Å². The van der Waals surface area contributed by atoms with Crippen molar-refractivity contribution in [2.45, 2.75) is 44.8 Å². The van der Waals surface area contributed by atoms with Gasteiger partial charge in [-0.3, -0.25) is 14.4 Å². The maximum atomic E-state index is 14.1. The average molecular weight is 764 g/mol. The summed E-state index contributed by atoms with van der Waals surface area (Å²) in [5.74, 6) is -0.570. The number of carbonyl (C=O) groups is 2. The minimum atomic E-state index is -0.798. The van der Waals surface area contributed by atoms with Gasteiger partial charge < -0.3 is 19.1 Å². The lowest BCUT2D eigenvalue weighted by atomic mass is 9.68. The summed E-state index contributed by atoms with van der Waals surface area (Å²) in [6, 6.07) is 7.77. The van der Waals surface area contributed by atoms with Crippen molar-refractivity contribution in [1.29, 1.82) is 0 Å². The van der Waals surface area contributed by atoms with Crippen molar-refractivity contribution in [3.05, 3.63) is 111 Å². The molecule has 4 aromatic rings. The Balaban J connectivity index is 1.30. The number of nitrogens with zero attached hydrogens (tertiary/aromatic N) is 5. The Morgan fingerprint density at radius 1 is 1.04 bits per heavy atom. The van der Waals surface area contributed by atoms with Crippen molar-refractivity contribution >= 4 is 45.2 Å². The summed E-state index contributed by atoms with van der Waals surface area (Å²) in [4.78, 5) is 72.6. The van der Waals surface area contributed by atoms with Crippen LogP contribution in [0, 0.1) is 6.92 Å². The topological polar surface area (TPSA) is 157 Å². The van der Waals surface area contributed by atoms with E-state index in [-0.39, 0.29) is 69.2 Å². The normalized spacial score (nSPS) is 18.7. The highest BCUT2D eigenvalue weighted by molar-refractivity contribution is 14.1. The molecule has 3 aliphatic rings. The second-order valence-corrected chi connectivity index (χ2v) is 13.1. The number of phenolic OH excluding ortho intramolecular Hbond substituents is 1. The highest BCUT2D eigenvalue weighted by atomic mass is 127. The predicted molar refractivity (Wildman–Crippen MR) is 183 cm³/mol. The van der Waals surface area contributed by atoms with E-state index in [1.807, 2.05) is 22.6 Å². The van der Waals surface area contributed by atoms with E-state index >= 15 is 0 Å². The number of allylic oxidation sites excluding steroid dienone is 6. The van der Waals surface area contributed by atoms with Crippen LogP contribution in [0.15, 0.2) is 77.2 Å². The van der Waals surface area contributed by atoms with Gasteiger partial charge in [0.05, 0.1) is 41.4 Å². The number of ether oxygens (including phenoxy) is 2. The molecule has 2 aromatic heterocycles. The molecular weight excluding hydrogens is 733 g/mol. The number of methoxy groups -OCH3 is 2. The molecule has 1 aliphatic heterocycles. The summed E-state index contributed by atoms with van der Waals surface area (Å²) in [5, 5.41) is 11.2. The smallest absolute Gasteiger partial charge is 0.347 e. The van der Waals surface area contributed by atoms with Crippen LogP contribution in [-0.2, 0) is 36.1 Å². The number of aromatic hydroxyl groups is 1. The molecule has 7 rings (SSSR count). The van der Waals surface area contributed by atoms with Gasteiger partial charge in [-0.05, 0) is 40.7 Å². The summed E-state index contributed by atoms with van der Waals surface area (Å²) >= 11 is 1.85. The zero-order chi connectivity index (χ0) is 34.2. The summed E-state index contributed by atoms with van der Waals surface area (Å²) in [7, 11) is 4.60. The first kappa shape index (κ1) is 31.6. The van der Waals surface area contributed by atoms with Crippen molar-refractivity contribution in [2.75, 3.05) is 14.2 Å². The lowest BCUT2D eigenvalue weighted by molar-refractivity contribution is -0.115. The van der Waals surface area contributed by atoms with Crippen LogP contribution in [0.1, 0.15) is 35.2 Å². The van der Waals surface area contributed by atoms with Crippen LogP contribution < -0.4 is 26.4 Å². The van der Waals surface area contributed by atoms with E-state index in [4.69, 9.17) is 9.47 Å². The zero-order valence-electron chi connectivity index (χ0n) is 26.4. The third kappa shape index (κ3) is 4.64. The number of benzene rings is 2. The first-order valence-corrected chi connectivity index (χ1v) is 16.3.